The van der Waals surface area contributed by atoms with E-state index in [4.69, 9.17) is 4.74 Å². The number of halogens is 1. The van der Waals surface area contributed by atoms with E-state index in [1.54, 1.807) is 17.0 Å². The fourth-order valence-corrected chi connectivity index (χ4v) is 5.71. The summed E-state index contributed by atoms with van der Waals surface area (Å²) < 4.78 is 18.9. The standard InChI is InChI=1S/C31H34FNO7/c32-21-12-10-19(11-13-21)24(35)15-14-23-27(33(31(23)39)22-4-2-1-3-5-22)20-8-6-18(7-9-20)16-25-28(36)30(38)29(37)26(17-34)40-25/h1-13,23-30,34-38H,14-17H2/t23-,24+,25+,26-,27-,28+,29-,30-/m1/s1. The summed E-state index contributed by atoms with van der Waals surface area (Å²) in [7, 11) is 0. The Morgan fingerprint density at radius 3 is 2.15 bits per heavy atom. The summed E-state index contributed by atoms with van der Waals surface area (Å²) in [6.45, 7) is -0.483. The topological polar surface area (TPSA) is 131 Å². The van der Waals surface area contributed by atoms with E-state index in [1.807, 2.05) is 54.6 Å². The summed E-state index contributed by atoms with van der Waals surface area (Å²) >= 11 is 0. The van der Waals surface area contributed by atoms with Crippen molar-refractivity contribution in [1.29, 1.82) is 0 Å². The van der Waals surface area contributed by atoms with Gasteiger partial charge in [0.2, 0.25) is 5.91 Å². The van der Waals surface area contributed by atoms with Gasteiger partial charge in [-0.25, -0.2) is 4.39 Å². The van der Waals surface area contributed by atoms with Crippen molar-refractivity contribution in [2.45, 2.75) is 61.9 Å². The Bertz CT molecular complexity index is 1270. The fourth-order valence-electron chi connectivity index (χ4n) is 5.71. The molecule has 5 rings (SSSR count). The maximum absolute atomic E-state index is 13.3. The van der Waals surface area contributed by atoms with Crippen LogP contribution in [0.15, 0.2) is 78.9 Å². The van der Waals surface area contributed by atoms with Crippen LogP contribution in [0.3, 0.4) is 0 Å². The summed E-state index contributed by atoms with van der Waals surface area (Å²) in [6, 6.07) is 22.4. The van der Waals surface area contributed by atoms with Crippen LogP contribution in [-0.2, 0) is 16.0 Å². The Labute approximate surface area is 231 Å². The molecule has 0 aliphatic carbocycles. The number of aliphatic hydroxyl groups is 5. The van der Waals surface area contributed by atoms with Crippen LogP contribution >= 0.6 is 0 Å². The number of β-lactam (4-membered cyclic amide) rings is 1. The second-order valence-electron chi connectivity index (χ2n) is 10.6. The molecule has 1 amide bonds. The monoisotopic (exact) mass is 551 g/mol. The number of amides is 1. The van der Waals surface area contributed by atoms with E-state index >= 15 is 0 Å². The fraction of sp³-hybridized carbons (Fsp3) is 0.387. The van der Waals surface area contributed by atoms with Gasteiger partial charge in [0.1, 0.15) is 30.2 Å². The van der Waals surface area contributed by atoms with Crippen LogP contribution < -0.4 is 4.90 Å². The Hall–Kier alpha value is -3.18. The summed E-state index contributed by atoms with van der Waals surface area (Å²) in [5.74, 6) is -0.766. The third kappa shape index (κ3) is 5.67. The van der Waals surface area contributed by atoms with E-state index in [1.165, 1.54) is 12.1 Å². The van der Waals surface area contributed by atoms with Crippen molar-refractivity contribution >= 4 is 11.6 Å². The van der Waals surface area contributed by atoms with Gasteiger partial charge in [0.05, 0.1) is 30.8 Å². The number of carbonyl (C=O) groups is 1. The number of hydrogen-bond acceptors (Lipinski definition) is 7. The van der Waals surface area contributed by atoms with E-state index in [0.717, 1.165) is 16.8 Å². The number of benzene rings is 3. The van der Waals surface area contributed by atoms with Gasteiger partial charge >= 0.3 is 0 Å². The first-order valence-electron chi connectivity index (χ1n) is 13.5. The second kappa shape index (κ2) is 12.1. The molecule has 212 valence electrons. The van der Waals surface area contributed by atoms with Crippen molar-refractivity contribution in [2.24, 2.45) is 5.92 Å². The average Bonchev–Trinajstić information content (AvgIpc) is 2.97. The van der Waals surface area contributed by atoms with E-state index in [-0.39, 0.29) is 30.1 Å². The molecule has 0 unspecified atom stereocenters. The lowest BCUT2D eigenvalue weighted by Crippen LogP contribution is -2.59. The molecule has 40 heavy (non-hydrogen) atoms. The number of aliphatic hydroxyl groups excluding tert-OH is 5. The molecular weight excluding hydrogens is 517 g/mol. The molecule has 3 aromatic rings. The Morgan fingerprint density at radius 1 is 0.850 bits per heavy atom. The summed E-state index contributed by atoms with van der Waals surface area (Å²) in [6.07, 6.45) is -5.70. The molecule has 2 heterocycles. The highest BCUT2D eigenvalue weighted by Gasteiger charge is 2.48. The number of para-hydroxylation sites is 1. The lowest BCUT2D eigenvalue weighted by atomic mass is 9.78. The number of hydrogen-bond donors (Lipinski definition) is 5. The second-order valence-corrected chi connectivity index (χ2v) is 10.6. The molecule has 8 atom stereocenters. The molecule has 5 N–H and O–H groups in total. The third-order valence-corrected chi connectivity index (χ3v) is 8.00. The van der Waals surface area contributed by atoms with Gasteiger partial charge in [0.15, 0.2) is 0 Å². The van der Waals surface area contributed by atoms with Crippen LogP contribution in [-0.4, -0.2) is 68.6 Å². The van der Waals surface area contributed by atoms with E-state index < -0.39 is 43.2 Å². The zero-order chi connectivity index (χ0) is 28.4. The molecule has 0 spiro atoms. The molecule has 3 aromatic carbocycles. The maximum atomic E-state index is 13.3. The number of ether oxygens (including phenoxy) is 1. The zero-order valence-corrected chi connectivity index (χ0v) is 21.8. The van der Waals surface area contributed by atoms with Crippen LogP contribution in [0.5, 0.6) is 0 Å². The van der Waals surface area contributed by atoms with Crippen molar-refractivity contribution in [3.8, 4) is 0 Å². The Balaban J connectivity index is 1.32. The molecule has 9 heteroatoms. The van der Waals surface area contributed by atoms with E-state index in [2.05, 4.69) is 0 Å². The van der Waals surface area contributed by atoms with Crippen LogP contribution in [0.25, 0.3) is 0 Å². The highest BCUT2D eigenvalue weighted by Crippen LogP contribution is 2.46. The van der Waals surface area contributed by atoms with Crippen LogP contribution in [0, 0.1) is 11.7 Å². The molecule has 2 aliphatic heterocycles. The van der Waals surface area contributed by atoms with Gasteiger partial charge in [-0.1, -0.05) is 54.6 Å². The molecule has 0 radical (unpaired) electrons. The molecule has 0 bridgehead atoms. The van der Waals surface area contributed by atoms with Crippen LogP contribution in [0.2, 0.25) is 0 Å². The van der Waals surface area contributed by atoms with Crippen molar-refractivity contribution in [1.82, 2.24) is 0 Å². The van der Waals surface area contributed by atoms with E-state index in [0.29, 0.717) is 18.4 Å². The minimum atomic E-state index is -1.43. The predicted molar refractivity (Wildman–Crippen MR) is 145 cm³/mol. The van der Waals surface area contributed by atoms with Gasteiger partial charge in [-0.3, -0.25) is 4.79 Å². The van der Waals surface area contributed by atoms with Crippen molar-refractivity contribution in [2.75, 3.05) is 11.5 Å². The normalized spacial score (nSPS) is 29.2. The maximum Gasteiger partial charge on any atom is 0.233 e. The van der Waals surface area contributed by atoms with E-state index in [9.17, 15) is 34.7 Å². The van der Waals surface area contributed by atoms with Crippen molar-refractivity contribution in [3.05, 3.63) is 101 Å². The van der Waals surface area contributed by atoms with Gasteiger partial charge in [-0.15, -0.1) is 0 Å². The average molecular weight is 552 g/mol. The van der Waals surface area contributed by atoms with Gasteiger partial charge in [0.25, 0.3) is 0 Å². The number of carbonyl (C=O) groups excluding carboxylic acids is 1. The molecule has 2 aliphatic rings. The number of anilines is 1. The van der Waals surface area contributed by atoms with Crippen LogP contribution in [0.4, 0.5) is 10.1 Å². The zero-order valence-electron chi connectivity index (χ0n) is 21.8. The first kappa shape index (κ1) is 28.4. The quantitative estimate of drug-likeness (QED) is 0.258. The summed E-state index contributed by atoms with van der Waals surface area (Å²) in [4.78, 5) is 15.1. The highest BCUT2D eigenvalue weighted by molar-refractivity contribution is 6.03. The minimum Gasteiger partial charge on any atom is -0.394 e. The highest BCUT2D eigenvalue weighted by atomic mass is 19.1. The molecule has 0 aromatic heterocycles. The lowest BCUT2D eigenvalue weighted by Gasteiger charge is -2.48. The SMILES string of the molecule is O=C1[C@H](CC[C@H](O)c2ccc(F)cc2)[C@@H](c2ccc(C[C@@H]3O[C@H](CO)[C@@H](O)[C@H](O)[C@H]3O)cc2)N1c1ccccc1. The van der Waals surface area contributed by atoms with Gasteiger partial charge in [0, 0.05) is 12.1 Å². The van der Waals surface area contributed by atoms with Gasteiger partial charge < -0.3 is 35.2 Å². The van der Waals surface area contributed by atoms with Crippen molar-refractivity contribution < 1.29 is 39.5 Å². The van der Waals surface area contributed by atoms with Gasteiger partial charge in [-0.05, 0) is 53.8 Å². The Kier molecular flexibility index (Phi) is 8.60. The smallest absolute Gasteiger partial charge is 0.233 e. The summed E-state index contributed by atoms with van der Waals surface area (Å²) in [5, 5.41) is 50.7. The lowest BCUT2D eigenvalue weighted by molar-refractivity contribution is -0.228. The summed E-state index contributed by atoms with van der Waals surface area (Å²) in [5.41, 5.74) is 3.09. The molecule has 8 nitrogen and oxygen atoms in total. The number of rotatable bonds is 9. The van der Waals surface area contributed by atoms with Crippen molar-refractivity contribution in [3.63, 3.8) is 0 Å². The predicted octanol–water partition coefficient (Wildman–Crippen LogP) is 2.43. The minimum absolute atomic E-state index is 0.0344. The Morgan fingerprint density at radius 2 is 1.50 bits per heavy atom. The first-order valence-corrected chi connectivity index (χ1v) is 13.5. The largest absolute Gasteiger partial charge is 0.394 e. The third-order valence-electron chi connectivity index (χ3n) is 8.00. The molecule has 0 saturated carbocycles. The van der Waals surface area contributed by atoms with Gasteiger partial charge in [-0.2, -0.15) is 0 Å². The van der Waals surface area contributed by atoms with Crippen LogP contribution in [0.1, 0.15) is 41.7 Å². The number of nitrogens with zero attached hydrogens (tertiary/aromatic N) is 1. The molecular formula is C31H34FNO7. The first-order chi connectivity index (χ1) is 19.3. The molecule has 2 saturated heterocycles. The molecule has 2 fully saturated rings.